The molecule has 1 fully saturated rings. The topological polar surface area (TPSA) is 66.9 Å². The number of aromatic amines is 1. The minimum atomic E-state index is -0.156. The number of rotatable bonds is 2. The predicted octanol–water partition coefficient (Wildman–Crippen LogP) is 2.90. The number of H-pyrrole nitrogens is 1. The Labute approximate surface area is 139 Å². The van der Waals surface area contributed by atoms with E-state index >= 15 is 0 Å². The van der Waals surface area contributed by atoms with Crippen LogP contribution in [0, 0.1) is 10.7 Å². The number of carbonyl (C=O) groups excluding carboxylic acids is 1. The Bertz CT molecular complexity index is 868. The molecule has 6 heteroatoms. The normalized spacial score (nSPS) is 21.3. The lowest BCUT2D eigenvalue weighted by atomic mass is 9.86. The third kappa shape index (κ3) is 3.08. The van der Waals surface area contributed by atoms with E-state index in [-0.39, 0.29) is 17.5 Å². The molecule has 2 atom stereocenters. The Morgan fingerprint density at radius 3 is 2.83 bits per heavy atom. The number of carbonyl (C=O) groups is 1. The predicted molar refractivity (Wildman–Crippen MR) is 93.3 cm³/mol. The highest BCUT2D eigenvalue weighted by molar-refractivity contribution is 7.71. The average Bonchev–Trinajstić information content (AvgIpc) is 2.54. The van der Waals surface area contributed by atoms with Gasteiger partial charge >= 0.3 is 0 Å². The molecule has 1 aromatic heterocycles. The van der Waals surface area contributed by atoms with E-state index in [1.165, 1.54) is 11.0 Å². The molecule has 0 bridgehead atoms. The first-order valence-corrected chi connectivity index (χ1v) is 8.42. The van der Waals surface area contributed by atoms with Crippen molar-refractivity contribution in [2.24, 2.45) is 13.0 Å². The van der Waals surface area contributed by atoms with Gasteiger partial charge in [-0.15, -0.1) is 0 Å². The lowest BCUT2D eigenvalue weighted by Gasteiger charge is -2.29. The Morgan fingerprint density at radius 1 is 1.35 bits per heavy atom. The molecule has 0 unspecified atom stereocenters. The Hall–Kier alpha value is -1.95. The van der Waals surface area contributed by atoms with Gasteiger partial charge in [-0.1, -0.05) is 19.8 Å². The lowest BCUT2D eigenvalue weighted by molar-refractivity contribution is 0.0910. The van der Waals surface area contributed by atoms with Crippen LogP contribution >= 0.6 is 12.2 Å². The molecule has 2 aromatic rings. The van der Waals surface area contributed by atoms with Gasteiger partial charge in [0.1, 0.15) is 0 Å². The second kappa shape index (κ2) is 6.28. The molecule has 1 aromatic carbocycles. The van der Waals surface area contributed by atoms with Crippen LogP contribution in [0.15, 0.2) is 23.0 Å². The van der Waals surface area contributed by atoms with Gasteiger partial charge in [-0.2, -0.15) is 0 Å². The van der Waals surface area contributed by atoms with Gasteiger partial charge in [-0.25, -0.2) is 0 Å². The lowest BCUT2D eigenvalue weighted by Crippen LogP contribution is -2.41. The van der Waals surface area contributed by atoms with Crippen molar-refractivity contribution in [2.75, 3.05) is 0 Å². The molecule has 0 radical (unpaired) electrons. The van der Waals surface area contributed by atoms with Crippen LogP contribution in [0.5, 0.6) is 0 Å². The van der Waals surface area contributed by atoms with Crippen molar-refractivity contribution in [3.05, 3.63) is 38.9 Å². The minimum Gasteiger partial charge on any atom is -0.349 e. The van der Waals surface area contributed by atoms with Crippen molar-refractivity contribution in [1.82, 2.24) is 14.9 Å². The van der Waals surface area contributed by atoms with Gasteiger partial charge in [0.25, 0.3) is 11.5 Å². The highest BCUT2D eigenvalue weighted by atomic mass is 32.1. The summed E-state index contributed by atoms with van der Waals surface area (Å²) >= 11 is 5.13. The van der Waals surface area contributed by atoms with E-state index in [0.29, 0.717) is 27.2 Å². The zero-order chi connectivity index (χ0) is 16.6. The van der Waals surface area contributed by atoms with Crippen molar-refractivity contribution < 1.29 is 4.79 Å². The summed E-state index contributed by atoms with van der Waals surface area (Å²) in [5.74, 6) is 0.414. The van der Waals surface area contributed by atoms with Gasteiger partial charge in [0, 0.05) is 18.7 Å². The average molecular weight is 331 g/mol. The molecular weight excluding hydrogens is 310 g/mol. The molecule has 1 aliphatic rings. The molecule has 0 spiro atoms. The van der Waals surface area contributed by atoms with Crippen LogP contribution in [0.2, 0.25) is 0 Å². The molecule has 3 rings (SSSR count). The van der Waals surface area contributed by atoms with E-state index < -0.39 is 0 Å². The number of nitrogens with one attached hydrogen (secondary N) is 2. The molecule has 1 heterocycles. The monoisotopic (exact) mass is 331 g/mol. The van der Waals surface area contributed by atoms with E-state index in [2.05, 4.69) is 17.2 Å². The summed E-state index contributed by atoms with van der Waals surface area (Å²) in [5, 5.41) is 3.66. The summed E-state index contributed by atoms with van der Waals surface area (Å²) in [4.78, 5) is 27.7. The van der Waals surface area contributed by atoms with E-state index in [0.717, 1.165) is 19.3 Å². The number of aromatic nitrogens is 2. The van der Waals surface area contributed by atoms with Gasteiger partial charge in [0.15, 0.2) is 4.77 Å². The highest BCUT2D eigenvalue weighted by Gasteiger charge is 2.23. The number of fused-ring (bicyclic) bond motifs is 1. The number of hydrogen-bond acceptors (Lipinski definition) is 3. The maximum Gasteiger partial charge on any atom is 0.261 e. The largest absolute Gasteiger partial charge is 0.349 e. The number of amides is 1. The Kier molecular flexibility index (Phi) is 4.35. The fourth-order valence-electron chi connectivity index (χ4n) is 3.23. The highest BCUT2D eigenvalue weighted by Crippen LogP contribution is 2.24. The first-order chi connectivity index (χ1) is 11.0. The number of hydrogen-bond donors (Lipinski definition) is 2. The first kappa shape index (κ1) is 15.9. The molecule has 5 nitrogen and oxygen atoms in total. The quantitative estimate of drug-likeness (QED) is 0.832. The van der Waals surface area contributed by atoms with Gasteiger partial charge in [0.05, 0.1) is 10.9 Å². The summed E-state index contributed by atoms with van der Waals surface area (Å²) in [6, 6.07) is 5.31. The maximum absolute atomic E-state index is 12.5. The van der Waals surface area contributed by atoms with Crippen LogP contribution in [-0.4, -0.2) is 21.5 Å². The van der Waals surface area contributed by atoms with E-state index in [4.69, 9.17) is 12.2 Å². The molecule has 0 aliphatic heterocycles. The van der Waals surface area contributed by atoms with Crippen LogP contribution < -0.4 is 10.9 Å². The number of benzene rings is 1. The summed E-state index contributed by atoms with van der Waals surface area (Å²) in [6.45, 7) is 2.19. The SMILES string of the molecule is C[C@H]1CCCC[C@H]1NC(=O)c1ccc2c(=O)n(C)c(=S)[nH]c2c1. The Balaban J connectivity index is 1.91. The fourth-order valence-corrected chi connectivity index (χ4v) is 3.42. The molecule has 0 saturated heterocycles. The van der Waals surface area contributed by atoms with Gasteiger partial charge in [-0.3, -0.25) is 14.2 Å². The van der Waals surface area contributed by atoms with E-state index in [1.54, 1.807) is 25.2 Å². The number of nitrogens with zero attached hydrogens (tertiary/aromatic N) is 1. The van der Waals surface area contributed by atoms with Gasteiger partial charge < -0.3 is 10.3 Å². The molecule has 1 aliphatic carbocycles. The van der Waals surface area contributed by atoms with Crippen LogP contribution in [0.3, 0.4) is 0 Å². The second-order valence-corrected chi connectivity index (χ2v) is 6.78. The zero-order valence-corrected chi connectivity index (χ0v) is 14.2. The maximum atomic E-state index is 12.5. The summed E-state index contributed by atoms with van der Waals surface area (Å²) in [5.41, 5.74) is 0.994. The zero-order valence-electron chi connectivity index (χ0n) is 13.4. The van der Waals surface area contributed by atoms with Gasteiger partial charge in [-0.05, 0) is 49.2 Å². The Morgan fingerprint density at radius 2 is 2.09 bits per heavy atom. The van der Waals surface area contributed by atoms with Crippen molar-refractivity contribution in [2.45, 2.75) is 38.6 Å². The smallest absolute Gasteiger partial charge is 0.261 e. The third-order valence-electron chi connectivity index (χ3n) is 4.79. The minimum absolute atomic E-state index is 0.0920. The van der Waals surface area contributed by atoms with E-state index in [1.807, 2.05) is 0 Å². The van der Waals surface area contributed by atoms with Crippen molar-refractivity contribution in [3.63, 3.8) is 0 Å². The van der Waals surface area contributed by atoms with Crippen LogP contribution in [0.4, 0.5) is 0 Å². The van der Waals surface area contributed by atoms with Crippen LogP contribution in [-0.2, 0) is 7.05 Å². The van der Waals surface area contributed by atoms with E-state index in [9.17, 15) is 9.59 Å². The first-order valence-electron chi connectivity index (χ1n) is 8.01. The molecule has 23 heavy (non-hydrogen) atoms. The molecular formula is C17H21N3O2S. The molecule has 122 valence electrons. The molecule has 2 N–H and O–H groups in total. The summed E-state index contributed by atoms with van der Waals surface area (Å²) < 4.78 is 1.74. The summed E-state index contributed by atoms with van der Waals surface area (Å²) in [7, 11) is 1.63. The second-order valence-electron chi connectivity index (χ2n) is 6.40. The van der Waals surface area contributed by atoms with Crippen LogP contribution in [0.1, 0.15) is 43.0 Å². The standard InChI is InChI=1S/C17H21N3O2S/c1-10-5-3-4-6-13(10)18-15(21)11-7-8-12-14(9-11)19-17(23)20(2)16(12)22/h7-10,13H,3-6H2,1-2H3,(H,18,21)(H,19,23)/t10-,13+/m0/s1. The van der Waals surface area contributed by atoms with Crippen LogP contribution in [0.25, 0.3) is 10.9 Å². The van der Waals surface area contributed by atoms with Crippen molar-refractivity contribution in [3.8, 4) is 0 Å². The van der Waals surface area contributed by atoms with Gasteiger partial charge in [0.2, 0.25) is 0 Å². The van der Waals surface area contributed by atoms with Crippen molar-refractivity contribution >= 4 is 29.0 Å². The molecule has 1 amide bonds. The third-order valence-corrected chi connectivity index (χ3v) is 5.17. The van der Waals surface area contributed by atoms with Crippen molar-refractivity contribution in [1.29, 1.82) is 0 Å². The summed E-state index contributed by atoms with van der Waals surface area (Å²) in [6.07, 6.45) is 4.59. The molecule has 1 saturated carbocycles. The fraction of sp³-hybridized carbons (Fsp3) is 0.471.